The Labute approximate surface area is 115 Å². The van der Waals surface area contributed by atoms with Gasteiger partial charge in [0.2, 0.25) is 0 Å². The average molecular weight is 260 g/mol. The summed E-state index contributed by atoms with van der Waals surface area (Å²) < 4.78 is 0. The molecule has 0 bridgehead atoms. The Morgan fingerprint density at radius 1 is 1.15 bits per heavy atom. The Morgan fingerprint density at radius 2 is 1.46 bits per heavy atom. The van der Waals surface area contributed by atoms with Gasteiger partial charge < -0.3 is 19.8 Å². The third kappa shape index (κ3) is 7.49. The number of carbonyl (C=O) groups is 2. The van der Waals surface area contributed by atoms with Crippen molar-refractivity contribution in [2.75, 3.05) is 0 Å². The first-order valence-electron chi connectivity index (χ1n) is 3.79. The zero-order chi connectivity index (χ0) is 9.78. The van der Waals surface area contributed by atoms with Crippen LogP contribution < -0.4 is 10.2 Å². The van der Waals surface area contributed by atoms with Crippen molar-refractivity contribution in [2.45, 2.75) is 33.1 Å². The van der Waals surface area contributed by atoms with E-state index in [1.807, 2.05) is 0 Å². The maximum absolute atomic E-state index is 10.2. The predicted octanol–water partition coefficient (Wildman–Crippen LogP) is -1.70. The fourth-order valence-electron chi connectivity index (χ4n) is 1.01. The van der Waals surface area contributed by atoms with E-state index in [2.05, 4.69) is 0 Å². The molecule has 0 aromatic carbocycles. The molecule has 0 aromatic heterocycles. The summed E-state index contributed by atoms with van der Waals surface area (Å²) in [5.41, 5.74) is -0.738. The second-order valence-electron chi connectivity index (χ2n) is 3.26. The van der Waals surface area contributed by atoms with Gasteiger partial charge in [-0.15, -0.1) is 0 Å². The molecular formula is C8H12O4Sr. The van der Waals surface area contributed by atoms with Crippen molar-refractivity contribution >= 4 is 57.4 Å². The number of hydrogen-bond donors (Lipinski definition) is 0. The van der Waals surface area contributed by atoms with Gasteiger partial charge in [-0.05, 0) is 18.3 Å². The minimum atomic E-state index is -1.22. The first-order valence-corrected chi connectivity index (χ1v) is 3.79. The molecule has 0 amide bonds. The van der Waals surface area contributed by atoms with Crippen LogP contribution in [0.1, 0.15) is 33.1 Å². The largest absolute Gasteiger partial charge is 2.00 e. The summed E-state index contributed by atoms with van der Waals surface area (Å²) in [5, 5.41) is 20.5. The standard InChI is InChI=1S/C8H14O4.Sr/c1-3-8(2,4-6(9)10)5-7(11)12;/h3-5H2,1-2H3,(H,9,10)(H,11,12);/q;+2/p-2. The van der Waals surface area contributed by atoms with Crippen LogP contribution in [0.15, 0.2) is 0 Å². The average Bonchev–Trinajstić information content (AvgIpc) is 1.83. The molecular weight excluding hydrogens is 248 g/mol. The molecule has 0 aliphatic carbocycles. The van der Waals surface area contributed by atoms with E-state index in [1.54, 1.807) is 13.8 Å². The molecule has 0 radical (unpaired) electrons. The summed E-state index contributed by atoms with van der Waals surface area (Å²) in [5.74, 6) is -2.44. The second kappa shape index (κ2) is 6.81. The summed E-state index contributed by atoms with van der Waals surface area (Å²) >= 11 is 0. The van der Waals surface area contributed by atoms with E-state index in [0.717, 1.165) is 0 Å². The summed E-state index contributed by atoms with van der Waals surface area (Å²) in [6.45, 7) is 3.34. The van der Waals surface area contributed by atoms with Crippen LogP contribution in [0.5, 0.6) is 0 Å². The topological polar surface area (TPSA) is 80.3 Å². The van der Waals surface area contributed by atoms with Gasteiger partial charge in [0.05, 0.1) is 0 Å². The fourth-order valence-corrected chi connectivity index (χ4v) is 1.01. The van der Waals surface area contributed by atoms with E-state index in [-0.39, 0.29) is 58.3 Å². The van der Waals surface area contributed by atoms with Crippen LogP contribution in [0.3, 0.4) is 0 Å². The molecule has 13 heavy (non-hydrogen) atoms. The third-order valence-electron chi connectivity index (χ3n) is 2.00. The summed E-state index contributed by atoms with van der Waals surface area (Å²) in [6.07, 6.45) is 0.00389. The third-order valence-corrected chi connectivity index (χ3v) is 2.00. The summed E-state index contributed by atoms with van der Waals surface area (Å²) in [7, 11) is 0. The van der Waals surface area contributed by atoms with Gasteiger partial charge >= 0.3 is 45.5 Å². The van der Waals surface area contributed by atoms with E-state index < -0.39 is 17.4 Å². The zero-order valence-electron chi connectivity index (χ0n) is 7.96. The Kier molecular flexibility index (Phi) is 8.32. The molecule has 70 valence electrons. The van der Waals surface area contributed by atoms with Crippen molar-refractivity contribution in [2.24, 2.45) is 5.41 Å². The van der Waals surface area contributed by atoms with Gasteiger partial charge in [-0.2, -0.15) is 0 Å². The number of hydrogen-bond acceptors (Lipinski definition) is 4. The molecule has 0 unspecified atom stereocenters. The van der Waals surface area contributed by atoms with Gasteiger partial charge in [-0.1, -0.05) is 20.3 Å². The van der Waals surface area contributed by atoms with Crippen molar-refractivity contribution in [3.05, 3.63) is 0 Å². The first kappa shape index (κ1) is 15.9. The van der Waals surface area contributed by atoms with Gasteiger partial charge in [-0.25, -0.2) is 0 Å². The Morgan fingerprint density at radius 3 is 1.62 bits per heavy atom. The molecule has 0 rings (SSSR count). The molecule has 0 aromatic rings. The summed E-state index contributed by atoms with van der Waals surface area (Å²) in [6, 6.07) is 0. The molecule has 0 fully saturated rings. The molecule has 0 N–H and O–H groups in total. The predicted molar refractivity (Wildman–Crippen MR) is 43.4 cm³/mol. The van der Waals surface area contributed by atoms with Gasteiger partial charge in [0.1, 0.15) is 0 Å². The van der Waals surface area contributed by atoms with Gasteiger partial charge in [0, 0.05) is 11.9 Å². The van der Waals surface area contributed by atoms with Crippen LogP contribution in [0.2, 0.25) is 0 Å². The number of carboxylic acid groups (broad SMARTS) is 2. The molecule has 0 saturated carbocycles. The second-order valence-corrected chi connectivity index (χ2v) is 3.26. The maximum Gasteiger partial charge on any atom is 2.00 e. The molecule has 0 aliphatic heterocycles. The van der Waals surface area contributed by atoms with Crippen molar-refractivity contribution in [3.8, 4) is 0 Å². The van der Waals surface area contributed by atoms with Crippen molar-refractivity contribution in [3.63, 3.8) is 0 Å². The minimum absolute atomic E-state index is 0. The van der Waals surface area contributed by atoms with Gasteiger partial charge in [0.25, 0.3) is 0 Å². The van der Waals surface area contributed by atoms with Gasteiger partial charge in [-0.3, -0.25) is 0 Å². The number of carboxylic acids is 2. The van der Waals surface area contributed by atoms with Crippen LogP contribution in [0, 0.1) is 5.41 Å². The van der Waals surface area contributed by atoms with Crippen molar-refractivity contribution in [1.82, 2.24) is 0 Å². The van der Waals surface area contributed by atoms with E-state index in [1.165, 1.54) is 0 Å². The number of carbonyl (C=O) groups excluding carboxylic acids is 2. The van der Waals surface area contributed by atoms with E-state index in [9.17, 15) is 19.8 Å². The van der Waals surface area contributed by atoms with E-state index >= 15 is 0 Å². The normalized spacial score (nSPS) is 10.3. The number of rotatable bonds is 5. The molecule has 5 heteroatoms. The summed E-state index contributed by atoms with van der Waals surface area (Å²) in [4.78, 5) is 20.5. The molecule has 0 atom stereocenters. The Bertz CT molecular complexity index is 175. The van der Waals surface area contributed by atoms with Crippen LogP contribution in [-0.2, 0) is 9.59 Å². The molecule has 0 heterocycles. The van der Waals surface area contributed by atoms with E-state index in [4.69, 9.17) is 0 Å². The zero-order valence-corrected chi connectivity index (χ0v) is 11.4. The quantitative estimate of drug-likeness (QED) is 0.552. The van der Waals surface area contributed by atoms with Crippen LogP contribution in [0.25, 0.3) is 0 Å². The van der Waals surface area contributed by atoms with Crippen molar-refractivity contribution < 1.29 is 19.8 Å². The molecule has 0 spiro atoms. The molecule has 0 saturated heterocycles. The van der Waals surface area contributed by atoms with Crippen LogP contribution >= 0.6 is 0 Å². The Balaban J connectivity index is 0. The first-order chi connectivity index (χ1) is 5.39. The minimum Gasteiger partial charge on any atom is -0.550 e. The molecule has 4 nitrogen and oxygen atoms in total. The van der Waals surface area contributed by atoms with Crippen LogP contribution in [-0.4, -0.2) is 57.4 Å². The number of aliphatic carboxylic acids is 2. The molecule has 0 aliphatic rings. The maximum atomic E-state index is 10.2. The smallest absolute Gasteiger partial charge is 0.550 e. The van der Waals surface area contributed by atoms with Crippen molar-refractivity contribution in [1.29, 1.82) is 0 Å². The van der Waals surface area contributed by atoms with Crippen LogP contribution in [0.4, 0.5) is 0 Å². The fraction of sp³-hybridized carbons (Fsp3) is 0.750. The SMILES string of the molecule is CCC(C)(CC(=O)[O-])CC(=O)[O-].[Sr+2]. The Hall–Kier alpha value is 0.421. The monoisotopic (exact) mass is 260 g/mol. The van der Waals surface area contributed by atoms with E-state index in [0.29, 0.717) is 6.42 Å². The van der Waals surface area contributed by atoms with Gasteiger partial charge in [0.15, 0.2) is 0 Å².